The van der Waals surface area contributed by atoms with Crippen molar-refractivity contribution in [2.24, 2.45) is 23.2 Å². The summed E-state index contributed by atoms with van der Waals surface area (Å²) in [5.41, 5.74) is 3.09. The largest absolute Gasteiger partial charge is 0.508 e. The molecule has 4 rings (SSSR count). The standard InChI is InChI=1S/C21H28O2/c1-3-4-18-19(23)12-21(2)10-9-16-15-8-6-14(22)11-13(15)5-7-17(16)20(18)21/h3,6,8,11,16-20,22-23H,1,4-5,7,9-10,12H2,2H3/t16-,17-,18+,19-,20-,21-/m1/s1. The molecular formula is C21H28O2. The quantitative estimate of drug-likeness (QED) is 0.794. The fourth-order valence-electron chi connectivity index (χ4n) is 6.33. The lowest BCUT2D eigenvalue weighted by Gasteiger charge is -2.50. The number of benzene rings is 1. The van der Waals surface area contributed by atoms with Gasteiger partial charge < -0.3 is 10.2 Å². The molecule has 1 aromatic rings. The fourth-order valence-corrected chi connectivity index (χ4v) is 6.33. The number of fused-ring (bicyclic) bond motifs is 5. The zero-order valence-corrected chi connectivity index (χ0v) is 14.0. The van der Waals surface area contributed by atoms with Gasteiger partial charge in [0.2, 0.25) is 0 Å². The molecule has 0 bridgehead atoms. The van der Waals surface area contributed by atoms with Gasteiger partial charge in [-0.25, -0.2) is 0 Å². The van der Waals surface area contributed by atoms with E-state index < -0.39 is 0 Å². The minimum atomic E-state index is -0.164. The highest BCUT2D eigenvalue weighted by Crippen LogP contribution is 2.63. The Hall–Kier alpha value is -1.28. The molecule has 2 heteroatoms. The average molecular weight is 312 g/mol. The van der Waals surface area contributed by atoms with Crippen LogP contribution in [0.3, 0.4) is 0 Å². The molecule has 2 saturated carbocycles. The molecular weight excluding hydrogens is 284 g/mol. The van der Waals surface area contributed by atoms with Crippen molar-refractivity contribution in [3.05, 3.63) is 42.0 Å². The topological polar surface area (TPSA) is 40.5 Å². The van der Waals surface area contributed by atoms with E-state index in [1.165, 1.54) is 30.4 Å². The third-order valence-electron chi connectivity index (χ3n) is 7.15. The van der Waals surface area contributed by atoms with Crippen LogP contribution in [0.2, 0.25) is 0 Å². The number of rotatable bonds is 2. The number of aliphatic hydroxyl groups excluding tert-OH is 1. The van der Waals surface area contributed by atoms with Crippen LogP contribution in [0, 0.1) is 23.2 Å². The van der Waals surface area contributed by atoms with Crippen molar-refractivity contribution in [1.82, 2.24) is 0 Å². The summed E-state index contributed by atoms with van der Waals surface area (Å²) in [4.78, 5) is 0. The van der Waals surface area contributed by atoms with E-state index >= 15 is 0 Å². The van der Waals surface area contributed by atoms with Crippen molar-refractivity contribution < 1.29 is 10.2 Å². The Morgan fingerprint density at radius 1 is 1.35 bits per heavy atom. The number of hydrogen-bond acceptors (Lipinski definition) is 2. The Labute approximate surface area is 139 Å². The van der Waals surface area contributed by atoms with Crippen molar-refractivity contribution in [2.75, 3.05) is 0 Å². The lowest BCUT2D eigenvalue weighted by Crippen LogP contribution is -2.42. The van der Waals surface area contributed by atoms with E-state index in [1.54, 1.807) is 0 Å². The maximum atomic E-state index is 10.7. The molecule has 0 unspecified atom stereocenters. The smallest absolute Gasteiger partial charge is 0.115 e. The Kier molecular flexibility index (Phi) is 3.57. The summed E-state index contributed by atoms with van der Waals surface area (Å²) < 4.78 is 0. The number of allylic oxidation sites excluding steroid dienone is 1. The maximum absolute atomic E-state index is 10.7. The summed E-state index contributed by atoms with van der Waals surface area (Å²) in [7, 11) is 0. The highest BCUT2D eigenvalue weighted by molar-refractivity contribution is 5.40. The Morgan fingerprint density at radius 3 is 2.96 bits per heavy atom. The zero-order chi connectivity index (χ0) is 16.2. The first-order chi connectivity index (χ1) is 11.0. The molecule has 0 saturated heterocycles. The number of aromatic hydroxyl groups is 1. The van der Waals surface area contributed by atoms with Gasteiger partial charge in [0.15, 0.2) is 0 Å². The Bertz CT molecular complexity index is 622. The van der Waals surface area contributed by atoms with Crippen molar-refractivity contribution in [1.29, 1.82) is 0 Å². The predicted molar refractivity (Wildman–Crippen MR) is 92.4 cm³/mol. The third kappa shape index (κ3) is 2.26. The van der Waals surface area contributed by atoms with Crippen LogP contribution >= 0.6 is 0 Å². The van der Waals surface area contributed by atoms with Gasteiger partial charge in [-0.15, -0.1) is 6.58 Å². The SMILES string of the molecule is C=CC[C@@H]1[C@H]2[C@@H]3CCc4cc(O)ccc4[C@H]3CC[C@]2(C)C[C@H]1O. The Morgan fingerprint density at radius 2 is 2.17 bits per heavy atom. The number of phenolic OH excluding ortho intramolecular Hbond substituents is 1. The Balaban J connectivity index is 1.72. The van der Waals surface area contributed by atoms with E-state index in [0.29, 0.717) is 34.8 Å². The number of aryl methyl sites for hydroxylation is 1. The van der Waals surface area contributed by atoms with Crippen LogP contribution in [-0.2, 0) is 6.42 Å². The molecule has 0 amide bonds. The molecule has 0 aliphatic heterocycles. The van der Waals surface area contributed by atoms with Crippen LogP contribution in [-0.4, -0.2) is 16.3 Å². The molecule has 3 aliphatic rings. The molecule has 2 fully saturated rings. The highest BCUT2D eigenvalue weighted by Gasteiger charge is 2.56. The zero-order valence-electron chi connectivity index (χ0n) is 14.0. The van der Waals surface area contributed by atoms with Crippen molar-refractivity contribution >= 4 is 0 Å². The third-order valence-corrected chi connectivity index (χ3v) is 7.15. The van der Waals surface area contributed by atoms with Gasteiger partial charge in [0, 0.05) is 0 Å². The highest BCUT2D eigenvalue weighted by atomic mass is 16.3. The number of phenols is 1. The van der Waals surface area contributed by atoms with Gasteiger partial charge in [-0.1, -0.05) is 19.1 Å². The van der Waals surface area contributed by atoms with Crippen molar-refractivity contribution in [2.45, 2.75) is 57.5 Å². The van der Waals surface area contributed by atoms with Crippen molar-refractivity contribution in [3.63, 3.8) is 0 Å². The van der Waals surface area contributed by atoms with Crippen LogP contribution in [0.1, 0.15) is 56.1 Å². The first-order valence-electron chi connectivity index (χ1n) is 9.14. The molecule has 6 atom stereocenters. The van der Waals surface area contributed by atoms with Gasteiger partial charge in [0.25, 0.3) is 0 Å². The lowest BCUT2D eigenvalue weighted by molar-refractivity contribution is 0.0303. The molecule has 0 heterocycles. The van der Waals surface area contributed by atoms with E-state index in [2.05, 4.69) is 19.6 Å². The van der Waals surface area contributed by atoms with E-state index in [4.69, 9.17) is 0 Å². The van der Waals surface area contributed by atoms with E-state index in [0.717, 1.165) is 19.3 Å². The molecule has 124 valence electrons. The molecule has 0 aromatic heterocycles. The average Bonchev–Trinajstić information content (AvgIpc) is 2.77. The second kappa shape index (κ2) is 5.37. The summed E-state index contributed by atoms with van der Waals surface area (Å²) in [5.74, 6) is 2.66. The van der Waals surface area contributed by atoms with Gasteiger partial charge in [-0.2, -0.15) is 0 Å². The normalized spacial score (nSPS) is 41.7. The molecule has 2 N–H and O–H groups in total. The summed E-state index contributed by atoms with van der Waals surface area (Å²) >= 11 is 0. The van der Waals surface area contributed by atoms with Crippen LogP contribution < -0.4 is 0 Å². The van der Waals surface area contributed by atoms with Crippen LogP contribution in [0.25, 0.3) is 0 Å². The van der Waals surface area contributed by atoms with Gasteiger partial charge in [0.05, 0.1) is 6.10 Å². The van der Waals surface area contributed by atoms with Crippen LogP contribution in [0.4, 0.5) is 0 Å². The van der Waals surface area contributed by atoms with Gasteiger partial charge in [0.1, 0.15) is 5.75 Å². The summed E-state index contributed by atoms with van der Waals surface area (Å²) in [6.45, 7) is 6.34. The number of hydrogen-bond donors (Lipinski definition) is 2. The fraction of sp³-hybridized carbons (Fsp3) is 0.619. The first-order valence-corrected chi connectivity index (χ1v) is 9.14. The minimum Gasteiger partial charge on any atom is -0.508 e. The molecule has 23 heavy (non-hydrogen) atoms. The molecule has 2 nitrogen and oxygen atoms in total. The van der Waals surface area contributed by atoms with Crippen LogP contribution in [0.5, 0.6) is 5.75 Å². The van der Waals surface area contributed by atoms with E-state index in [1.807, 2.05) is 18.2 Å². The first kappa shape index (κ1) is 15.3. The molecule has 0 radical (unpaired) electrons. The number of aliphatic hydroxyl groups is 1. The van der Waals surface area contributed by atoms with Crippen LogP contribution in [0.15, 0.2) is 30.9 Å². The van der Waals surface area contributed by atoms with Crippen molar-refractivity contribution in [3.8, 4) is 5.75 Å². The summed E-state index contributed by atoms with van der Waals surface area (Å²) in [6.07, 6.45) is 8.43. The second-order valence-electron chi connectivity index (χ2n) is 8.37. The van der Waals surface area contributed by atoms with Gasteiger partial charge >= 0.3 is 0 Å². The molecule has 0 spiro atoms. The monoisotopic (exact) mass is 312 g/mol. The summed E-state index contributed by atoms with van der Waals surface area (Å²) in [6, 6.07) is 5.96. The van der Waals surface area contributed by atoms with E-state index in [-0.39, 0.29) is 6.10 Å². The maximum Gasteiger partial charge on any atom is 0.115 e. The predicted octanol–water partition coefficient (Wildman–Crippen LogP) is 4.41. The molecule has 3 aliphatic carbocycles. The van der Waals surface area contributed by atoms with Gasteiger partial charge in [-0.05, 0) is 90.9 Å². The molecule has 1 aromatic carbocycles. The second-order valence-corrected chi connectivity index (χ2v) is 8.37. The lowest BCUT2D eigenvalue weighted by atomic mass is 9.54. The van der Waals surface area contributed by atoms with E-state index in [9.17, 15) is 10.2 Å². The van der Waals surface area contributed by atoms with Gasteiger partial charge in [-0.3, -0.25) is 0 Å². The minimum absolute atomic E-state index is 0.164. The summed E-state index contributed by atoms with van der Waals surface area (Å²) in [5, 5.41) is 20.4.